The Hall–Kier alpha value is -2.93. The van der Waals surface area contributed by atoms with Crippen molar-refractivity contribution >= 4 is 5.97 Å². The van der Waals surface area contributed by atoms with E-state index in [4.69, 9.17) is 0 Å². The summed E-state index contributed by atoms with van der Waals surface area (Å²) in [7, 11) is 0. The predicted octanol–water partition coefficient (Wildman–Crippen LogP) is 2.67. The molecular weight excluding hydrogens is 330 g/mol. The van der Waals surface area contributed by atoms with Crippen LogP contribution in [-0.4, -0.2) is 49.0 Å². The number of H-pyrrole nitrogens is 1. The molecule has 3 heterocycles. The van der Waals surface area contributed by atoms with Crippen LogP contribution in [0.2, 0.25) is 0 Å². The van der Waals surface area contributed by atoms with Crippen molar-refractivity contribution < 1.29 is 9.90 Å². The molecule has 7 nitrogen and oxygen atoms in total. The van der Waals surface area contributed by atoms with Crippen LogP contribution in [0.3, 0.4) is 0 Å². The summed E-state index contributed by atoms with van der Waals surface area (Å²) in [6, 6.07) is 8.98. The van der Waals surface area contributed by atoms with Gasteiger partial charge in [-0.15, -0.1) is 0 Å². The normalized spacial score (nSPS) is 16.0. The third-order valence-corrected chi connectivity index (χ3v) is 4.97. The van der Waals surface area contributed by atoms with E-state index in [0.717, 1.165) is 38.0 Å². The molecule has 2 aromatic heterocycles. The molecule has 0 unspecified atom stereocenters. The van der Waals surface area contributed by atoms with Gasteiger partial charge in [-0.25, -0.2) is 9.48 Å². The number of benzene rings is 1. The number of nitrogens with zero attached hydrogens (tertiary/aromatic N) is 4. The van der Waals surface area contributed by atoms with Gasteiger partial charge in [0, 0.05) is 36.1 Å². The molecule has 0 aliphatic carbocycles. The van der Waals surface area contributed by atoms with Gasteiger partial charge in [-0.05, 0) is 44.1 Å². The highest BCUT2D eigenvalue weighted by Gasteiger charge is 2.22. The Morgan fingerprint density at radius 2 is 2.04 bits per heavy atom. The zero-order valence-corrected chi connectivity index (χ0v) is 14.4. The maximum Gasteiger partial charge on any atom is 0.337 e. The largest absolute Gasteiger partial charge is 0.478 e. The predicted molar refractivity (Wildman–Crippen MR) is 96.4 cm³/mol. The van der Waals surface area contributed by atoms with E-state index in [0.29, 0.717) is 11.6 Å². The van der Waals surface area contributed by atoms with Gasteiger partial charge < -0.3 is 5.11 Å². The van der Waals surface area contributed by atoms with Crippen LogP contribution in [0.1, 0.15) is 40.4 Å². The fraction of sp³-hybridized carbons (Fsp3) is 0.316. The highest BCUT2D eigenvalue weighted by Crippen LogP contribution is 2.27. The zero-order chi connectivity index (χ0) is 17.9. The summed E-state index contributed by atoms with van der Waals surface area (Å²) >= 11 is 0. The van der Waals surface area contributed by atoms with Crippen molar-refractivity contribution in [1.29, 1.82) is 0 Å². The van der Waals surface area contributed by atoms with Gasteiger partial charge >= 0.3 is 5.97 Å². The number of carboxylic acid groups (broad SMARTS) is 1. The van der Waals surface area contributed by atoms with Gasteiger partial charge in [0.25, 0.3) is 0 Å². The van der Waals surface area contributed by atoms with Crippen molar-refractivity contribution in [3.8, 4) is 5.69 Å². The van der Waals surface area contributed by atoms with Crippen molar-refractivity contribution in [3.63, 3.8) is 0 Å². The van der Waals surface area contributed by atoms with Crippen molar-refractivity contribution in [1.82, 2.24) is 24.9 Å². The number of hydrogen-bond acceptors (Lipinski definition) is 4. The molecule has 0 amide bonds. The lowest BCUT2D eigenvalue weighted by atomic mass is 9.93. The minimum atomic E-state index is -0.946. The van der Waals surface area contributed by atoms with E-state index in [2.05, 4.69) is 26.3 Å². The number of aromatic carboxylic acids is 1. The van der Waals surface area contributed by atoms with E-state index in [9.17, 15) is 9.90 Å². The molecule has 7 heteroatoms. The fourth-order valence-corrected chi connectivity index (χ4v) is 3.58. The van der Waals surface area contributed by atoms with Gasteiger partial charge in [-0.2, -0.15) is 10.2 Å². The van der Waals surface area contributed by atoms with Crippen LogP contribution in [0.4, 0.5) is 0 Å². The van der Waals surface area contributed by atoms with Crippen LogP contribution >= 0.6 is 0 Å². The maximum absolute atomic E-state index is 11.4. The van der Waals surface area contributed by atoms with Crippen molar-refractivity contribution in [2.45, 2.75) is 25.3 Å². The molecule has 134 valence electrons. The quantitative estimate of drug-likeness (QED) is 0.738. The first-order valence-corrected chi connectivity index (χ1v) is 8.78. The number of para-hydroxylation sites is 1. The Morgan fingerprint density at radius 3 is 2.77 bits per heavy atom. The summed E-state index contributed by atoms with van der Waals surface area (Å²) < 4.78 is 1.65. The molecule has 0 atom stereocenters. The van der Waals surface area contributed by atoms with Crippen molar-refractivity contribution in [3.05, 3.63) is 65.7 Å². The lowest BCUT2D eigenvalue weighted by molar-refractivity contribution is 0.0696. The summed E-state index contributed by atoms with van der Waals surface area (Å²) in [6.45, 7) is 2.88. The van der Waals surface area contributed by atoms with E-state index in [1.165, 1.54) is 5.69 Å². The molecule has 0 saturated carbocycles. The van der Waals surface area contributed by atoms with Gasteiger partial charge in [-0.1, -0.05) is 12.1 Å². The zero-order valence-electron chi connectivity index (χ0n) is 14.4. The number of carboxylic acids is 1. The van der Waals surface area contributed by atoms with E-state index < -0.39 is 5.97 Å². The van der Waals surface area contributed by atoms with Gasteiger partial charge in [0.2, 0.25) is 0 Å². The first kappa shape index (κ1) is 16.5. The summed E-state index contributed by atoms with van der Waals surface area (Å²) in [5.41, 5.74) is 3.15. The third-order valence-electron chi connectivity index (χ3n) is 4.97. The molecule has 2 N–H and O–H groups in total. The minimum absolute atomic E-state index is 0.252. The Morgan fingerprint density at radius 1 is 1.23 bits per heavy atom. The summed E-state index contributed by atoms with van der Waals surface area (Å²) in [4.78, 5) is 13.8. The van der Waals surface area contributed by atoms with E-state index >= 15 is 0 Å². The molecule has 0 radical (unpaired) electrons. The number of rotatable bonds is 5. The standard InChI is InChI=1S/C19H21N5O2/c25-19(26)16-3-1-2-4-18(16)24-13-14(11-21-24)12-23-9-6-15(7-10-23)17-5-8-20-22-17/h1-5,8,11,13,15H,6-7,9-10,12H2,(H,20,22)(H,25,26). The second-order valence-electron chi connectivity index (χ2n) is 6.68. The Bertz CT molecular complexity index is 879. The third kappa shape index (κ3) is 3.39. The first-order chi connectivity index (χ1) is 12.7. The number of aromatic amines is 1. The average molecular weight is 351 g/mol. The van der Waals surface area contributed by atoms with Gasteiger partial charge in [0.15, 0.2) is 0 Å². The first-order valence-electron chi connectivity index (χ1n) is 8.78. The second kappa shape index (κ2) is 7.13. The maximum atomic E-state index is 11.4. The van der Waals surface area contributed by atoms with Crippen molar-refractivity contribution in [2.24, 2.45) is 0 Å². The van der Waals surface area contributed by atoms with Crippen molar-refractivity contribution in [2.75, 3.05) is 13.1 Å². The molecule has 1 aliphatic heterocycles. The van der Waals surface area contributed by atoms with Gasteiger partial charge in [0.1, 0.15) is 0 Å². The summed E-state index contributed by atoms with van der Waals surface area (Å²) in [5.74, 6) is -0.391. The van der Waals surface area contributed by atoms with Crippen LogP contribution in [0.25, 0.3) is 5.69 Å². The number of aromatic nitrogens is 4. The topological polar surface area (TPSA) is 87.0 Å². The fourth-order valence-electron chi connectivity index (χ4n) is 3.58. The van der Waals surface area contributed by atoms with Crippen LogP contribution < -0.4 is 0 Å². The number of piperidine rings is 1. The smallest absolute Gasteiger partial charge is 0.337 e. The molecule has 1 aliphatic rings. The molecule has 1 saturated heterocycles. The molecule has 3 aromatic rings. The Balaban J connectivity index is 1.41. The highest BCUT2D eigenvalue weighted by atomic mass is 16.4. The molecule has 26 heavy (non-hydrogen) atoms. The number of nitrogens with one attached hydrogen (secondary N) is 1. The van der Waals surface area contributed by atoms with E-state index in [1.807, 2.05) is 24.7 Å². The lowest BCUT2D eigenvalue weighted by Crippen LogP contribution is -2.32. The van der Waals surface area contributed by atoms with Crippen LogP contribution in [-0.2, 0) is 6.54 Å². The highest BCUT2D eigenvalue weighted by molar-refractivity contribution is 5.91. The number of carbonyl (C=O) groups is 1. The molecular formula is C19H21N5O2. The number of likely N-dealkylation sites (tertiary alicyclic amines) is 1. The molecule has 0 spiro atoms. The van der Waals surface area contributed by atoms with E-state index in [-0.39, 0.29) is 5.56 Å². The lowest BCUT2D eigenvalue weighted by Gasteiger charge is -2.31. The summed E-state index contributed by atoms with van der Waals surface area (Å²) in [6.07, 6.45) is 7.77. The molecule has 1 fully saturated rings. The SMILES string of the molecule is O=C(O)c1ccccc1-n1cc(CN2CCC(c3ccn[nH]3)CC2)cn1. The van der Waals surface area contributed by atoms with Crippen LogP contribution in [0, 0.1) is 0 Å². The second-order valence-corrected chi connectivity index (χ2v) is 6.68. The Kier molecular flexibility index (Phi) is 4.53. The summed E-state index contributed by atoms with van der Waals surface area (Å²) in [5, 5.41) is 20.8. The van der Waals surface area contributed by atoms with Crippen LogP contribution in [0.15, 0.2) is 48.9 Å². The van der Waals surface area contributed by atoms with Gasteiger partial charge in [0.05, 0.1) is 17.4 Å². The molecule has 1 aromatic carbocycles. The Labute approximate surface area is 151 Å². The van der Waals surface area contributed by atoms with E-state index in [1.54, 1.807) is 22.9 Å². The minimum Gasteiger partial charge on any atom is -0.478 e. The van der Waals surface area contributed by atoms with Crippen LogP contribution in [0.5, 0.6) is 0 Å². The molecule has 4 rings (SSSR count). The molecule has 0 bridgehead atoms. The average Bonchev–Trinajstić information content (AvgIpc) is 3.34. The monoisotopic (exact) mass is 351 g/mol. The number of hydrogen-bond donors (Lipinski definition) is 2. The van der Waals surface area contributed by atoms with Gasteiger partial charge in [-0.3, -0.25) is 10.00 Å².